The number of amides is 2. The molecule has 0 aliphatic carbocycles. The zero-order valence-corrected chi connectivity index (χ0v) is 11.1. The normalized spacial score (nSPS) is 18.2. The van der Waals surface area contributed by atoms with E-state index in [9.17, 15) is 9.59 Å². The maximum Gasteiger partial charge on any atom is 0.254 e. The first kappa shape index (κ1) is 14.0. The van der Waals surface area contributed by atoms with Gasteiger partial charge in [-0.2, -0.15) is 5.26 Å². The SMILES string of the molecule is CNC(=O)C1COCCN1C(=O)c1ccc(C#N)cc1. The molecule has 1 unspecified atom stereocenters. The molecule has 2 amide bonds. The fraction of sp³-hybridized carbons (Fsp3) is 0.357. The molecule has 1 N–H and O–H groups in total. The van der Waals surface area contributed by atoms with Crippen LogP contribution in [0.4, 0.5) is 0 Å². The van der Waals surface area contributed by atoms with Gasteiger partial charge in [-0.25, -0.2) is 0 Å². The van der Waals surface area contributed by atoms with Gasteiger partial charge in [-0.05, 0) is 24.3 Å². The minimum absolute atomic E-state index is 0.196. The van der Waals surface area contributed by atoms with Crippen LogP contribution in [0, 0.1) is 11.3 Å². The van der Waals surface area contributed by atoms with E-state index in [0.29, 0.717) is 24.3 Å². The third kappa shape index (κ3) is 2.78. The second-order valence-electron chi connectivity index (χ2n) is 4.39. The molecular formula is C14H15N3O3. The molecule has 1 atom stereocenters. The average molecular weight is 273 g/mol. The number of benzene rings is 1. The first-order chi connectivity index (χ1) is 9.67. The maximum absolute atomic E-state index is 12.4. The molecular weight excluding hydrogens is 258 g/mol. The Bertz CT molecular complexity index is 548. The topological polar surface area (TPSA) is 82.4 Å². The van der Waals surface area contributed by atoms with Gasteiger partial charge in [0.25, 0.3) is 5.91 Å². The molecule has 1 fully saturated rings. The number of ether oxygens (including phenoxy) is 1. The number of likely N-dealkylation sites (N-methyl/N-ethyl adjacent to an activating group) is 1. The van der Waals surface area contributed by atoms with Crippen molar-refractivity contribution in [3.63, 3.8) is 0 Å². The molecule has 0 radical (unpaired) electrons. The summed E-state index contributed by atoms with van der Waals surface area (Å²) < 4.78 is 5.26. The number of rotatable bonds is 2. The van der Waals surface area contributed by atoms with Gasteiger partial charge in [0.1, 0.15) is 6.04 Å². The van der Waals surface area contributed by atoms with Crippen LogP contribution in [0.5, 0.6) is 0 Å². The van der Waals surface area contributed by atoms with Crippen molar-refractivity contribution in [2.75, 3.05) is 26.8 Å². The number of carbonyl (C=O) groups excluding carboxylic acids is 2. The second-order valence-corrected chi connectivity index (χ2v) is 4.39. The molecule has 1 aliphatic heterocycles. The number of nitrogens with zero attached hydrogens (tertiary/aromatic N) is 2. The van der Waals surface area contributed by atoms with Gasteiger partial charge in [0.2, 0.25) is 5.91 Å². The third-order valence-corrected chi connectivity index (χ3v) is 3.20. The van der Waals surface area contributed by atoms with Crippen molar-refractivity contribution in [2.24, 2.45) is 0 Å². The predicted molar refractivity (Wildman–Crippen MR) is 70.9 cm³/mol. The van der Waals surface area contributed by atoms with Crippen molar-refractivity contribution in [3.05, 3.63) is 35.4 Å². The second kappa shape index (κ2) is 6.17. The van der Waals surface area contributed by atoms with Gasteiger partial charge in [0, 0.05) is 19.2 Å². The van der Waals surface area contributed by atoms with Gasteiger partial charge in [0.15, 0.2) is 0 Å². The Kier molecular flexibility index (Phi) is 4.33. The summed E-state index contributed by atoms with van der Waals surface area (Å²) in [6.07, 6.45) is 0. The molecule has 20 heavy (non-hydrogen) atoms. The lowest BCUT2D eigenvalue weighted by Gasteiger charge is -2.34. The lowest BCUT2D eigenvalue weighted by molar-refractivity contribution is -0.130. The number of morpholine rings is 1. The Labute approximate surface area is 116 Å². The monoisotopic (exact) mass is 273 g/mol. The Hall–Kier alpha value is -2.39. The minimum Gasteiger partial charge on any atom is -0.377 e. The third-order valence-electron chi connectivity index (χ3n) is 3.20. The minimum atomic E-state index is -0.614. The summed E-state index contributed by atoms with van der Waals surface area (Å²) in [7, 11) is 1.53. The first-order valence-corrected chi connectivity index (χ1v) is 6.28. The van der Waals surface area contributed by atoms with Crippen LogP contribution in [0.3, 0.4) is 0 Å². The van der Waals surface area contributed by atoms with Crippen LogP contribution in [-0.2, 0) is 9.53 Å². The van der Waals surface area contributed by atoms with Gasteiger partial charge in [-0.15, -0.1) is 0 Å². The highest BCUT2D eigenvalue weighted by Crippen LogP contribution is 2.13. The molecule has 1 aliphatic rings. The van der Waals surface area contributed by atoms with E-state index in [-0.39, 0.29) is 18.4 Å². The van der Waals surface area contributed by atoms with Crippen molar-refractivity contribution in [1.29, 1.82) is 5.26 Å². The number of hydrogen-bond acceptors (Lipinski definition) is 4. The molecule has 0 bridgehead atoms. The van der Waals surface area contributed by atoms with Crippen molar-refractivity contribution in [2.45, 2.75) is 6.04 Å². The fourth-order valence-corrected chi connectivity index (χ4v) is 2.08. The Morgan fingerprint density at radius 3 is 2.70 bits per heavy atom. The maximum atomic E-state index is 12.4. The predicted octanol–water partition coefficient (Wildman–Crippen LogP) is 0.145. The Morgan fingerprint density at radius 1 is 1.40 bits per heavy atom. The van der Waals surface area contributed by atoms with Crippen LogP contribution in [0.25, 0.3) is 0 Å². The standard InChI is InChI=1S/C14H15N3O3/c1-16-13(18)12-9-20-7-6-17(12)14(19)11-4-2-10(8-15)3-5-11/h2-5,12H,6-7,9H2,1H3,(H,16,18). The highest BCUT2D eigenvalue weighted by atomic mass is 16.5. The summed E-state index contributed by atoms with van der Waals surface area (Å²) in [5, 5.41) is 11.3. The van der Waals surface area contributed by atoms with Crippen molar-refractivity contribution in [1.82, 2.24) is 10.2 Å². The molecule has 1 aromatic rings. The molecule has 2 rings (SSSR count). The molecule has 1 heterocycles. The lowest BCUT2D eigenvalue weighted by atomic mass is 10.1. The molecule has 104 valence electrons. The lowest BCUT2D eigenvalue weighted by Crippen LogP contribution is -2.55. The number of carbonyl (C=O) groups is 2. The highest BCUT2D eigenvalue weighted by Gasteiger charge is 2.32. The van der Waals surface area contributed by atoms with E-state index < -0.39 is 6.04 Å². The average Bonchev–Trinajstić information content (AvgIpc) is 2.53. The summed E-state index contributed by atoms with van der Waals surface area (Å²) >= 11 is 0. The molecule has 6 heteroatoms. The van der Waals surface area contributed by atoms with Gasteiger partial charge >= 0.3 is 0 Å². The van der Waals surface area contributed by atoms with Crippen LogP contribution in [0.1, 0.15) is 15.9 Å². The molecule has 0 spiro atoms. The van der Waals surface area contributed by atoms with E-state index in [1.165, 1.54) is 11.9 Å². The van der Waals surface area contributed by atoms with Gasteiger partial charge in [-0.1, -0.05) is 0 Å². The van der Waals surface area contributed by atoms with Crippen LogP contribution < -0.4 is 5.32 Å². The number of hydrogen-bond donors (Lipinski definition) is 1. The van der Waals surface area contributed by atoms with E-state index in [0.717, 1.165) is 0 Å². The van der Waals surface area contributed by atoms with E-state index in [2.05, 4.69) is 5.32 Å². The van der Waals surface area contributed by atoms with E-state index in [1.807, 2.05) is 6.07 Å². The molecule has 1 aromatic carbocycles. The zero-order valence-electron chi connectivity index (χ0n) is 11.1. The van der Waals surface area contributed by atoms with Gasteiger partial charge < -0.3 is 15.0 Å². The number of nitrogens with one attached hydrogen (secondary N) is 1. The Morgan fingerprint density at radius 2 is 2.10 bits per heavy atom. The molecule has 1 saturated heterocycles. The van der Waals surface area contributed by atoms with Crippen LogP contribution in [0.2, 0.25) is 0 Å². The largest absolute Gasteiger partial charge is 0.377 e. The van der Waals surface area contributed by atoms with Gasteiger partial charge in [0.05, 0.1) is 24.8 Å². The van der Waals surface area contributed by atoms with Crippen molar-refractivity contribution >= 4 is 11.8 Å². The smallest absolute Gasteiger partial charge is 0.254 e. The summed E-state index contributed by atoms with van der Waals surface area (Å²) in [5.74, 6) is -0.474. The van der Waals surface area contributed by atoms with Gasteiger partial charge in [-0.3, -0.25) is 9.59 Å². The quantitative estimate of drug-likeness (QED) is 0.831. The van der Waals surface area contributed by atoms with E-state index in [4.69, 9.17) is 10.00 Å². The van der Waals surface area contributed by atoms with Crippen LogP contribution in [-0.4, -0.2) is 49.6 Å². The molecule has 0 saturated carbocycles. The summed E-state index contributed by atoms with van der Waals surface area (Å²) in [6.45, 7) is 0.980. The summed E-state index contributed by atoms with van der Waals surface area (Å²) in [5.41, 5.74) is 0.950. The summed E-state index contributed by atoms with van der Waals surface area (Å²) in [4.78, 5) is 25.7. The Balaban J connectivity index is 2.20. The van der Waals surface area contributed by atoms with Crippen LogP contribution >= 0.6 is 0 Å². The number of nitriles is 1. The highest BCUT2D eigenvalue weighted by molar-refractivity contribution is 5.97. The van der Waals surface area contributed by atoms with Crippen LogP contribution in [0.15, 0.2) is 24.3 Å². The molecule has 0 aromatic heterocycles. The van der Waals surface area contributed by atoms with E-state index >= 15 is 0 Å². The first-order valence-electron chi connectivity index (χ1n) is 6.28. The fourth-order valence-electron chi connectivity index (χ4n) is 2.08. The zero-order chi connectivity index (χ0) is 14.5. The van der Waals surface area contributed by atoms with Crippen molar-refractivity contribution < 1.29 is 14.3 Å². The van der Waals surface area contributed by atoms with Crippen molar-refractivity contribution in [3.8, 4) is 6.07 Å². The molecule has 6 nitrogen and oxygen atoms in total. The van der Waals surface area contributed by atoms with E-state index in [1.54, 1.807) is 24.3 Å². The summed E-state index contributed by atoms with van der Waals surface area (Å²) in [6, 6.07) is 7.75.